The molecule has 0 radical (unpaired) electrons. The summed E-state index contributed by atoms with van der Waals surface area (Å²) in [5.41, 5.74) is 0. The van der Waals surface area contributed by atoms with Gasteiger partial charge in [-0.2, -0.15) is 0 Å². The third-order valence-electron chi connectivity index (χ3n) is 6.60. The van der Waals surface area contributed by atoms with Crippen LogP contribution < -0.4 is 0 Å². The van der Waals surface area contributed by atoms with Gasteiger partial charge in [-0.25, -0.2) is 0 Å². The van der Waals surface area contributed by atoms with Crippen LogP contribution in [-0.2, 0) is 0 Å². The van der Waals surface area contributed by atoms with Crippen molar-refractivity contribution in [3.05, 3.63) is 0 Å². The lowest BCUT2D eigenvalue weighted by molar-refractivity contribution is 0.276. The van der Waals surface area contributed by atoms with E-state index >= 15 is 0 Å². The Bertz CT molecular complexity index is 275. The molecule has 0 unspecified atom stereocenters. The fourth-order valence-corrected chi connectivity index (χ4v) is 4.40. The van der Waals surface area contributed by atoms with Crippen LogP contribution in [0.2, 0.25) is 0 Å². The van der Waals surface area contributed by atoms with E-state index in [4.69, 9.17) is 0 Å². The molecule has 176 valence electrons. The Morgan fingerprint density at radius 1 is 0.310 bits per heavy atom. The van der Waals surface area contributed by atoms with Crippen LogP contribution >= 0.6 is 0 Å². The molecule has 0 saturated heterocycles. The Morgan fingerprint density at radius 2 is 0.586 bits per heavy atom. The molecular formula is C28H59N. The van der Waals surface area contributed by atoms with Crippen molar-refractivity contribution in [3.8, 4) is 0 Å². The van der Waals surface area contributed by atoms with Crippen molar-refractivity contribution in [1.29, 1.82) is 0 Å². The van der Waals surface area contributed by atoms with Gasteiger partial charge in [0.2, 0.25) is 0 Å². The van der Waals surface area contributed by atoms with Crippen molar-refractivity contribution in [2.24, 2.45) is 0 Å². The summed E-state index contributed by atoms with van der Waals surface area (Å²) in [7, 11) is 0. The van der Waals surface area contributed by atoms with E-state index in [0.717, 1.165) is 0 Å². The van der Waals surface area contributed by atoms with Crippen molar-refractivity contribution < 1.29 is 0 Å². The summed E-state index contributed by atoms with van der Waals surface area (Å²) in [4.78, 5) is 2.64. The van der Waals surface area contributed by atoms with Crippen LogP contribution in [0.1, 0.15) is 162 Å². The highest BCUT2D eigenvalue weighted by atomic mass is 15.1. The lowest BCUT2D eigenvalue weighted by Crippen LogP contribution is -2.25. The predicted molar refractivity (Wildman–Crippen MR) is 135 cm³/mol. The second kappa shape index (κ2) is 26.0. The van der Waals surface area contributed by atoms with E-state index in [2.05, 4.69) is 25.7 Å². The highest BCUT2D eigenvalue weighted by Crippen LogP contribution is 2.15. The van der Waals surface area contributed by atoms with Crippen molar-refractivity contribution in [2.75, 3.05) is 19.6 Å². The fraction of sp³-hybridized carbons (Fsp3) is 1.00. The maximum absolute atomic E-state index is 2.64. The van der Waals surface area contributed by atoms with E-state index in [9.17, 15) is 0 Å². The molecule has 1 nitrogen and oxygen atoms in total. The summed E-state index contributed by atoms with van der Waals surface area (Å²) >= 11 is 0. The summed E-state index contributed by atoms with van der Waals surface area (Å²) in [6, 6.07) is 0. The number of unbranched alkanes of at least 4 members (excludes halogenated alkanes) is 20. The molecule has 0 aliphatic carbocycles. The lowest BCUT2D eigenvalue weighted by atomic mass is 10.0. The van der Waals surface area contributed by atoms with Crippen LogP contribution in [0.3, 0.4) is 0 Å². The zero-order valence-electron chi connectivity index (χ0n) is 21.1. The van der Waals surface area contributed by atoms with Crippen molar-refractivity contribution >= 4 is 0 Å². The smallest absolute Gasteiger partial charge is 0.00189 e. The first-order valence-electron chi connectivity index (χ1n) is 14.1. The molecule has 0 aliphatic heterocycles. The van der Waals surface area contributed by atoms with Gasteiger partial charge in [0.15, 0.2) is 0 Å². The summed E-state index contributed by atoms with van der Waals surface area (Å²) in [6.45, 7) is 10.8. The SMILES string of the molecule is CCCCCCCCCCCCCCCCCCCCCCN(CC)CCCC. The van der Waals surface area contributed by atoms with Crippen molar-refractivity contribution in [3.63, 3.8) is 0 Å². The van der Waals surface area contributed by atoms with E-state index < -0.39 is 0 Å². The first kappa shape index (κ1) is 29.0. The first-order valence-corrected chi connectivity index (χ1v) is 14.1. The van der Waals surface area contributed by atoms with Gasteiger partial charge in [0, 0.05) is 0 Å². The Morgan fingerprint density at radius 3 is 0.897 bits per heavy atom. The van der Waals surface area contributed by atoms with E-state index in [1.165, 1.54) is 161 Å². The second-order valence-corrected chi connectivity index (χ2v) is 9.51. The van der Waals surface area contributed by atoms with Crippen LogP contribution in [0.25, 0.3) is 0 Å². The molecule has 0 amide bonds. The molecule has 0 aliphatic rings. The van der Waals surface area contributed by atoms with Gasteiger partial charge >= 0.3 is 0 Å². The molecule has 0 atom stereocenters. The first-order chi connectivity index (χ1) is 14.3. The Balaban J connectivity index is 3.10. The maximum Gasteiger partial charge on any atom is -0.00189 e. The molecule has 0 aromatic heterocycles. The zero-order chi connectivity index (χ0) is 21.3. The molecule has 0 heterocycles. The van der Waals surface area contributed by atoms with E-state index in [0.29, 0.717) is 0 Å². The topological polar surface area (TPSA) is 3.24 Å². The van der Waals surface area contributed by atoms with Gasteiger partial charge in [0.1, 0.15) is 0 Å². The van der Waals surface area contributed by atoms with E-state index in [1.54, 1.807) is 0 Å². The van der Waals surface area contributed by atoms with E-state index in [-0.39, 0.29) is 0 Å². The minimum absolute atomic E-state index is 1.24. The predicted octanol–water partition coefficient (Wildman–Crippen LogP) is 9.93. The lowest BCUT2D eigenvalue weighted by Gasteiger charge is -2.19. The third kappa shape index (κ3) is 24.1. The molecule has 0 N–H and O–H groups in total. The molecule has 0 rings (SSSR count). The molecule has 0 fully saturated rings. The fourth-order valence-electron chi connectivity index (χ4n) is 4.40. The van der Waals surface area contributed by atoms with Crippen LogP contribution in [-0.4, -0.2) is 24.5 Å². The van der Waals surface area contributed by atoms with E-state index in [1.807, 2.05) is 0 Å². The van der Waals surface area contributed by atoms with Gasteiger partial charge < -0.3 is 4.90 Å². The highest BCUT2D eigenvalue weighted by molar-refractivity contribution is 4.56. The minimum atomic E-state index is 1.24. The summed E-state index contributed by atoms with van der Waals surface area (Å²) < 4.78 is 0. The minimum Gasteiger partial charge on any atom is -0.304 e. The molecule has 0 spiro atoms. The molecular weight excluding hydrogens is 350 g/mol. The Kier molecular flexibility index (Phi) is 26.0. The number of nitrogens with zero attached hydrogens (tertiary/aromatic N) is 1. The summed E-state index contributed by atoms with van der Waals surface area (Å²) in [6.07, 6.45) is 32.1. The standard InChI is InChI=1S/C28H59N/c1-4-7-9-10-11-12-13-14-15-16-17-18-19-20-21-22-23-24-25-26-28-29(6-3)27-8-5-2/h4-28H2,1-3H3. The van der Waals surface area contributed by atoms with Crippen molar-refractivity contribution in [2.45, 2.75) is 162 Å². The molecule has 0 aromatic carbocycles. The van der Waals surface area contributed by atoms with Gasteiger partial charge in [-0.05, 0) is 32.5 Å². The molecule has 29 heavy (non-hydrogen) atoms. The van der Waals surface area contributed by atoms with Gasteiger partial charge in [-0.15, -0.1) is 0 Å². The normalized spacial score (nSPS) is 11.6. The van der Waals surface area contributed by atoms with Gasteiger partial charge in [0.25, 0.3) is 0 Å². The quantitative estimate of drug-likeness (QED) is 0.136. The average molecular weight is 410 g/mol. The molecule has 0 saturated carbocycles. The second-order valence-electron chi connectivity index (χ2n) is 9.51. The van der Waals surface area contributed by atoms with Gasteiger partial charge in [-0.3, -0.25) is 0 Å². The summed E-state index contributed by atoms with van der Waals surface area (Å²) in [5.74, 6) is 0. The molecule has 1 heteroatoms. The molecule has 0 bridgehead atoms. The van der Waals surface area contributed by atoms with Crippen LogP contribution in [0.15, 0.2) is 0 Å². The zero-order valence-corrected chi connectivity index (χ0v) is 21.1. The largest absolute Gasteiger partial charge is 0.304 e. The summed E-state index contributed by atoms with van der Waals surface area (Å²) in [5, 5.41) is 0. The van der Waals surface area contributed by atoms with Crippen LogP contribution in [0.5, 0.6) is 0 Å². The number of hydrogen-bond acceptors (Lipinski definition) is 1. The highest BCUT2D eigenvalue weighted by Gasteiger charge is 2.01. The van der Waals surface area contributed by atoms with Crippen LogP contribution in [0.4, 0.5) is 0 Å². The van der Waals surface area contributed by atoms with Gasteiger partial charge in [-0.1, -0.05) is 149 Å². The number of hydrogen-bond donors (Lipinski definition) is 0. The van der Waals surface area contributed by atoms with Crippen molar-refractivity contribution in [1.82, 2.24) is 4.90 Å². The third-order valence-corrected chi connectivity index (χ3v) is 6.60. The average Bonchev–Trinajstić information content (AvgIpc) is 2.74. The van der Waals surface area contributed by atoms with Gasteiger partial charge in [0.05, 0.1) is 0 Å². The Hall–Kier alpha value is -0.0400. The Labute approximate surface area is 186 Å². The monoisotopic (exact) mass is 409 g/mol. The molecule has 0 aromatic rings. The number of rotatable bonds is 25. The maximum atomic E-state index is 2.64. The van der Waals surface area contributed by atoms with Crippen LogP contribution in [0, 0.1) is 0 Å².